The zero-order valence-electron chi connectivity index (χ0n) is 26.6. The van der Waals surface area contributed by atoms with Crippen molar-refractivity contribution in [2.45, 2.75) is 20.8 Å². The highest BCUT2D eigenvalue weighted by Crippen LogP contribution is 2.35. The van der Waals surface area contributed by atoms with E-state index in [2.05, 4.69) is 33.3 Å². The number of carbonyl (C=O) groups is 1. The summed E-state index contributed by atoms with van der Waals surface area (Å²) in [4.78, 5) is 25.7. The molecule has 3 aromatic rings. The van der Waals surface area contributed by atoms with Gasteiger partial charge >= 0.3 is 6.03 Å². The molecule has 0 radical (unpaired) electrons. The lowest BCUT2D eigenvalue weighted by Crippen LogP contribution is -2.51. The predicted octanol–water partition coefficient (Wildman–Crippen LogP) is 7.31. The van der Waals surface area contributed by atoms with Gasteiger partial charge in [-0.15, -0.1) is 0 Å². The zero-order chi connectivity index (χ0) is 32.4. The van der Waals surface area contributed by atoms with Gasteiger partial charge in [-0.25, -0.2) is 14.8 Å². The molecule has 0 aliphatic carbocycles. The normalized spacial score (nSPS) is 13.6. The Kier molecular flexibility index (Phi) is 14.0. The van der Waals surface area contributed by atoms with Crippen molar-refractivity contribution in [2.24, 2.45) is 0 Å². The number of anilines is 1. The molecule has 1 fully saturated rings. The molecule has 4 rings (SSSR count). The number of hydrogen-bond donors (Lipinski definition) is 1. The molecule has 9 nitrogen and oxygen atoms in total. The highest BCUT2D eigenvalue weighted by Gasteiger charge is 2.23. The van der Waals surface area contributed by atoms with Crippen molar-refractivity contribution in [2.75, 3.05) is 44.8 Å². The third-order valence-corrected chi connectivity index (χ3v) is 6.57. The van der Waals surface area contributed by atoms with Gasteiger partial charge < -0.3 is 29.3 Å². The van der Waals surface area contributed by atoms with E-state index in [1.165, 1.54) is 0 Å². The molecule has 236 valence electrons. The van der Waals surface area contributed by atoms with E-state index in [4.69, 9.17) is 14.2 Å². The van der Waals surface area contributed by atoms with Gasteiger partial charge in [0.15, 0.2) is 11.5 Å². The summed E-state index contributed by atoms with van der Waals surface area (Å²) < 4.78 is 17.2. The monoisotopic (exact) mass is 609 g/mol. The van der Waals surface area contributed by atoms with Crippen LogP contribution in [-0.4, -0.2) is 60.8 Å². The summed E-state index contributed by atoms with van der Waals surface area (Å²) in [6.07, 6.45) is 17.8. The first-order chi connectivity index (χ1) is 22.1. The molecule has 2 aromatic carbocycles. The van der Waals surface area contributed by atoms with Crippen LogP contribution in [0.2, 0.25) is 0 Å². The fourth-order valence-corrected chi connectivity index (χ4v) is 4.44. The highest BCUT2D eigenvalue weighted by molar-refractivity contribution is 5.92. The Morgan fingerprint density at radius 3 is 2.53 bits per heavy atom. The van der Waals surface area contributed by atoms with Crippen LogP contribution >= 0.6 is 0 Å². The molecular formula is C36H43N5O4. The summed E-state index contributed by atoms with van der Waals surface area (Å²) in [5.74, 6) is 3.24. The van der Waals surface area contributed by atoms with Gasteiger partial charge in [0.05, 0.1) is 12.6 Å². The Balaban J connectivity index is 0.00000271. The van der Waals surface area contributed by atoms with Gasteiger partial charge in [-0.05, 0) is 48.9 Å². The van der Waals surface area contributed by atoms with Crippen LogP contribution in [0.25, 0.3) is 17.0 Å². The van der Waals surface area contributed by atoms with Gasteiger partial charge in [0.2, 0.25) is 0 Å². The second-order valence-electron chi connectivity index (χ2n) is 9.43. The van der Waals surface area contributed by atoms with Crippen molar-refractivity contribution in [3.63, 3.8) is 0 Å². The molecule has 2 amide bonds. The average molecular weight is 610 g/mol. The molecule has 1 aromatic heterocycles. The molecule has 0 atom stereocenters. The van der Waals surface area contributed by atoms with Crippen LogP contribution in [0.4, 0.5) is 10.6 Å². The number of urea groups is 1. The van der Waals surface area contributed by atoms with Gasteiger partial charge in [-0.3, -0.25) is 0 Å². The average Bonchev–Trinajstić information content (AvgIpc) is 3.09. The van der Waals surface area contributed by atoms with E-state index in [0.717, 1.165) is 22.3 Å². The number of methoxy groups -OCH3 is 1. The molecule has 1 aliphatic heterocycles. The van der Waals surface area contributed by atoms with Crippen molar-refractivity contribution in [1.82, 2.24) is 20.2 Å². The predicted molar refractivity (Wildman–Crippen MR) is 184 cm³/mol. The van der Waals surface area contributed by atoms with E-state index in [1.54, 1.807) is 48.8 Å². The quantitative estimate of drug-likeness (QED) is 0.131. The Bertz CT molecular complexity index is 1550. The van der Waals surface area contributed by atoms with Crippen molar-refractivity contribution in [1.29, 1.82) is 0 Å². The Hall–Kier alpha value is -5.31. The number of benzene rings is 2. The Morgan fingerprint density at radius 1 is 1.02 bits per heavy atom. The molecule has 1 saturated heterocycles. The highest BCUT2D eigenvalue weighted by atomic mass is 16.5. The lowest BCUT2D eigenvalue weighted by Gasteiger charge is -2.35. The number of rotatable bonds is 12. The van der Waals surface area contributed by atoms with E-state index in [0.29, 0.717) is 55.8 Å². The summed E-state index contributed by atoms with van der Waals surface area (Å²) in [6, 6.07) is 11.3. The molecule has 45 heavy (non-hydrogen) atoms. The summed E-state index contributed by atoms with van der Waals surface area (Å²) in [7, 11) is 1.60. The maximum absolute atomic E-state index is 12.8. The molecule has 2 heterocycles. The number of piperazine rings is 1. The molecule has 0 spiro atoms. The second-order valence-corrected chi connectivity index (χ2v) is 9.43. The van der Waals surface area contributed by atoms with Crippen LogP contribution in [-0.2, 0) is 0 Å². The van der Waals surface area contributed by atoms with Gasteiger partial charge in [0.25, 0.3) is 0 Å². The van der Waals surface area contributed by atoms with E-state index in [1.807, 2.05) is 81.5 Å². The number of aromatic nitrogens is 2. The maximum atomic E-state index is 12.8. The third kappa shape index (κ3) is 9.86. The van der Waals surface area contributed by atoms with Crippen molar-refractivity contribution < 1.29 is 19.0 Å². The number of nitrogens with zero attached hydrogens (tertiary/aromatic N) is 4. The first-order valence-corrected chi connectivity index (χ1v) is 15.0. The van der Waals surface area contributed by atoms with Gasteiger partial charge in [-0.1, -0.05) is 69.5 Å². The number of amides is 2. The maximum Gasteiger partial charge on any atom is 0.321 e. The Morgan fingerprint density at radius 2 is 1.82 bits per heavy atom. The number of ether oxygens (including phenoxy) is 3. The molecule has 1 N–H and O–H groups in total. The molecule has 9 heteroatoms. The second kappa shape index (κ2) is 18.4. The smallest absolute Gasteiger partial charge is 0.321 e. The SMILES string of the molecule is C=CCOc1cc2ncnc(N3CCN(C(=O)N/C=C/C=C(\C=C)Oc4cccc(/C=C\C=C/C)c4)CC3)c2cc1OC.CC. The summed E-state index contributed by atoms with van der Waals surface area (Å²) in [6.45, 7) is 16.2. The van der Waals surface area contributed by atoms with E-state index >= 15 is 0 Å². The molecule has 1 aliphatic rings. The molecular weight excluding hydrogens is 566 g/mol. The Labute approximate surface area is 266 Å². The minimum atomic E-state index is -0.177. The number of nitrogens with one attached hydrogen (secondary N) is 1. The van der Waals surface area contributed by atoms with Crippen LogP contribution in [0.3, 0.4) is 0 Å². The van der Waals surface area contributed by atoms with E-state index in [-0.39, 0.29) is 6.03 Å². The van der Waals surface area contributed by atoms with Gasteiger partial charge in [0, 0.05) is 43.8 Å². The van der Waals surface area contributed by atoms with E-state index < -0.39 is 0 Å². The van der Waals surface area contributed by atoms with Crippen LogP contribution in [0.5, 0.6) is 17.2 Å². The van der Waals surface area contributed by atoms with Crippen LogP contribution in [0, 0.1) is 0 Å². The minimum Gasteiger partial charge on any atom is -0.493 e. The van der Waals surface area contributed by atoms with Gasteiger partial charge in [0.1, 0.15) is 30.3 Å². The first kappa shape index (κ1) is 34.2. The number of hydrogen-bond acceptors (Lipinski definition) is 7. The first-order valence-electron chi connectivity index (χ1n) is 15.0. The fourth-order valence-electron chi connectivity index (χ4n) is 4.44. The van der Waals surface area contributed by atoms with Crippen LogP contribution in [0.1, 0.15) is 26.3 Å². The summed E-state index contributed by atoms with van der Waals surface area (Å²) in [5.41, 5.74) is 1.78. The largest absolute Gasteiger partial charge is 0.493 e. The minimum absolute atomic E-state index is 0.177. The molecule has 0 unspecified atom stereocenters. The lowest BCUT2D eigenvalue weighted by atomic mass is 10.2. The van der Waals surface area contributed by atoms with Crippen molar-refractivity contribution >= 4 is 28.8 Å². The fraction of sp³-hybridized carbons (Fsp3) is 0.250. The zero-order valence-corrected chi connectivity index (χ0v) is 26.6. The van der Waals surface area contributed by atoms with Crippen LogP contribution in [0.15, 0.2) is 110 Å². The van der Waals surface area contributed by atoms with Crippen molar-refractivity contribution in [3.05, 3.63) is 116 Å². The standard InChI is InChI=1S/C34H37N5O4.C2H6/c1-5-8-9-12-26-13-10-14-28(22-26)43-27(7-3)15-11-16-35-34(40)39-19-17-38(18-20-39)33-29-23-31(41-4)32(42-21-6-2)24-30(29)36-25-37-33;1-2/h5-16,22-25H,2-3,17-21H2,1,4H3,(H,35,40);1-2H3/b8-5-,12-9-,16-11+,27-15+;. The van der Waals surface area contributed by atoms with Crippen molar-refractivity contribution in [3.8, 4) is 17.2 Å². The molecule has 0 bridgehead atoms. The topological polar surface area (TPSA) is 89.1 Å². The number of fused-ring (bicyclic) bond motifs is 1. The molecule has 0 saturated carbocycles. The lowest BCUT2D eigenvalue weighted by molar-refractivity contribution is 0.198. The third-order valence-electron chi connectivity index (χ3n) is 6.57. The summed E-state index contributed by atoms with van der Waals surface area (Å²) >= 11 is 0. The number of allylic oxidation sites excluding steroid dienone is 6. The van der Waals surface area contributed by atoms with E-state index in [9.17, 15) is 4.79 Å². The van der Waals surface area contributed by atoms with Crippen LogP contribution < -0.4 is 24.4 Å². The van der Waals surface area contributed by atoms with Gasteiger partial charge in [-0.2, -0.15) is 0 Å². The number of carbonyl (C=O) groups excluding carboxylic acids is 1. The summed E-state index contributed by atoms with van der Waals surface area (Å²) in [5, 5.41) is 3.69.